The van der Waals surface area contributed by atoms with Crippen LogP contribution in [0.1, 0.15) is 10.4 Å². The van der Waals surface area contributed by atoms with Crippen LogP contribution in [0.5, 0.6) is 11.5 Å². The summed E-state index contributed by atoms with van der Waals surface area (Å²) in [5.74, 6) is 1.02. The zero-order chi connectivity index (χ0) is 13.2. The van der Waals surface area contributed by atoms with Gasteiger partial charge < -0.3 is 14.8 Å². The molecule has 0 saturated heterocycles. The molecule has 2 heterocycles. The van der Waals surface area contributed by atoms with Crippen LogP contribution < -0.4 is 14.8 Å². The summed E-state index contributed by atoms with van der Waals surface area (Å²) < 4.78 is 11.1. The third-order valence-corrected chi connectivity index (χ3v) is 3.09. The molecule has 19 heavy (non-hydrogen) atoms. The second kappa shape index (κ2) is 4.89. The van der Waals surface area contributed by atoms with Gasteiger partial charge in [-0.2, -0.15) is 0 Å². The zero-order valence-electron chi connectivity index (χ0n) is 9.72. The Kier molecular flexibility index (Phi) is 3.08. The molecule has 0 fully saturated rings. The van der Waals surface area contributed by atoms with Gasteiger partial charge in [-0.15, -0.1) is 0 Å². The first-order chi connectivity index (χ1) is 9.22. The van der Waals surface area contributed by atoms with Gasteiger partial charge in [0.05, 0.1) is 11.9 Å². The van der Waals surface area contributed by atoms with Gasteiger partial charge in [-0.3, -0.25) is 4.79 Å². The van der Waals surface area contributed by atoms with Gasteiger partial charge in [0.25, 0.3) is 5.91 Å². The highest BCUT2D eigenvalue weighted by molar-refractivity contribution is 9.10. The average Bonchev–Trinajstić information content (AvgIpc) is 2.88. The van der Waals surface area contributed by atoms with E-state index in [1.165, 1.54) is 0 Å². The Morgan fingerprint density at radius 2 is 2.05 bits per heavy atom. The number of rotatable bonds is 2. The highest BCUT2D eigenvalue weighted by atomic mass is 79.9. The number of halogens is 1. The maximum absolute atomic E-state index is 12.1. The molecule has 0 radical (unpaired) electrons. The molecule has 96 valence electrons. The SMILES string of the molecule is O=C(Nc1ccc(Br)nc1)c1ccc2c(c1)OCO2. The summed E-state index contributed by atoms with van der Waals surface area (Å²) in [5.41, 5.74) is 1.14. The quantitative estimate of drug-likeness (QED) is 0.864. The predicted octanol–water partition coefficient (Wildman–Crippen LogP) is 2.83. The number of anilines is 1. The lowest BCUT2D eigenvalue weighted by Crippen LogP contribution is -2.11. The van der Waals surface area contributed by atoms with E-state index in [9.17, 15) is 4.79 Å². The Hall–Kier alpha value is -2.08. The average molecular weight is 321 g/mol. The molecule has 0 spiro atoms. The van der Waals surface area contributed by atoms with E-state index in [0.29, 0.717) is 27.4 Å². The van der Waals surface area contributed by atoms with Crippen LogP contribution in [-0.4, -0.2) is 17.7 Å². The molecule has 1 amide bonds. The third kappa shape index (κ3) is 2.53. The molecule has 1 N–H and O–H groups in total. The van der Waals surface area contributed by atoms with Crippen molar-refractivity contribution >= 4 is 27.5 Å². The van der Waals surface area contributed by atoms with Crippen LogP contribution >= 0.6 is 15.9 Å². The van der Waals surface area contributed by atoms with E-state index in [4.69, 9.17) is 9.47 Å². The molecule has 2 aromatic rings. The van der Waals surface area contributed by atoms with Crippen LogP contribution in [0.4, 0.5) is 5.69 Å². The minimum atomic E-state index is -0.220. The van der Waals surface area contributed by atoms with E-state index >= 15 is 0 Å². The second-order valence-corrected chi connectivity index (χ2v) is 4.70. The molecule has 0 unspecified atom stereocenters. The smallest absolute Gasteiger partial charge is 0.255 e. The van der Waals surface area contributed by atoms with Gasteiger partial charge in [-0.25, -0.2) is 4.98 Å². The van der Waals surface area contributed by atoms with Crippen molar-refractivity contribution < 1.29 is 14.3 Å². The first-order valence-electron chi connectivity index (χ1n) is 5.55. The third-order valence-electron chi connectivity index (χ3n) is 2.62. The molecule has 0 bridgehead atoms. The topological polar surface area (TPSA) is 60.5 Å². The summed E-state index contributed by atoms with van der Waals surface area (Å²) in [6, 6.07) is 8.59. The van der Waals surface area contributed by atoms with Crippen LogP contribution in [0.15, 0.2) is 41.1 Å². The Morgan fingerprint density at radius 1 is 1.21 bits per heavy atom. The van der Waals surface area contributed by atoms with E-state index in [1.807, 2.05) is 0 Å². The summed E-state index contributed by atoms with van der Waals surface area (Å²) in [5, 5.41) is 2.76. The van der Waals surface area contributed by atoms with Gasteiger partial charge in [0.1, 0.15) is 4.60 Å². The molecule has 3 rings (SSSR count). The van der Waals surface area contributed by atoms with Crippen molar-refractivity contribution in [2.45, 2.75) is 0 Å². The van der Waals surface area contributed by atoms with Gasteiger partial charge in [0.2, 0.25) is 6.79 Å². The fourth-order valence-corrected chi connectivity index (χ4v) is 1.93. The van der Waals surface area contributed by atoms with E-state index < -0.39 is 0 Å². The fraction of sp³-hybridized carbons (Fsp3) is 0.0769. The number of pyridine rings is 1. The molecule has 6 heteroatoms. The van der Waals surface area contributed by atoms with Gasteiger partial charge in [0, 0.05) is 5.56 Å². The lowest BCUT2D eigenvalue weighted by molar-refractivity contribution is 0.102. The summed E-state index contributed by atoms with van der Waals surface area (Å²) in [7, 11) is 0. The molecular formula is C13H9BrN2O3. The maximum atomic E-state index is 12.1. The van der Waals surface area contributed by atoms with Gasteiger partial charge in [-0.05, 0) is 46.3 Å². The Bertz CT molecular complexity index is 628. The summed E-state index contributed by atoms with van der Waals surface area (Å²) in [6.45, 7) is 0.192. The number of carbonyl (C=O) groups is 1. The molecule has 1 aliphatic rings. The van der Waals surface area contributed by atoms with E-state index in [2.05, 4.69) is 26.2 Å². The molecule has 0 aliphatic carbocycles. The largest absolute Gasteiger partial charge is 0.454 e. The van der Waals surface area contributed by atoms with Crippen molar-refractivity contribution in [2.24, 2.45) is 0 Å². The summed E-state index contributed by atoms with van der Waals surface area (Å²) in [4.78, 5) is 16.1. The monoisotopic (exact) mass is 320 g/mol. The number of aromatic nitrogens is 1. The Morgan fingerprint density at radius 3 is 2.84 bits per heavy atom. The first-order valence-corrected chi connectivity index (χ1v) is 6.34. The van der Waals surface area contributed by atoms with Crippen molar-refractivity contribution in [3.8, 4) is 11.5 Å². The number of fused-ring (bicyclic) bond motifs is 1. The molecule has 0 atom stereocenters. The van der Waals surface area contributed by atoms with Crippen molar-refractivity contribution in [1.82, 2.24) is 4.98 Å². The Labute approximate surface area is 117 Å². The number of benzene rings is 1. The van der Waals surface area contributed by atoms with E-state index in [-0.39, 0.29) is 12.7 Å². The number of carbonyl (C=O) groups excluding carboxylic acids is 1. The summed E-state index contributed by atoms with van der Waals surface area (Å²) >= 11 is 3.24. The van der Waals surface area contributed by atoms with Crippen molar-refractivity contribution in [2.75, 3.05) is 12.1 Å². The normalized spacial score (nSPS) is 12.3. The number of hydrogen-bond acceptors (Lipinski definition) is 4. The summed E-state index contributed by atoms with van der Waals surface area (Å²) in [6.07, 6.45) is 1.58. The minimum absolute atomic E-state index is 0.192. The van der Waals surface area contributed by atoms with Crippen LogP contribution in [0.2, 0.25) is 0 Å². The second-order valence-electron chi connectivity index (χ2n) is 3.89. The number of nitrogens with zero attached hydrogens (tertiary/aromatic N) is 1. The predicted molar refractivity (Wildman–Crippen MR) is 72.5 cm³/mol. The molecular weight excluding hydrogens is 312 g/mol. The number of amides is 1. The van der Waals surface area contributed by atoms with Crippen LogP contribution in [0.25, 0.3) is 0 Å². The van der Waals surface area contributed by atoms with Crippen LogP contribution in [0.3, 0.4) is 0 Å². The molecule has 1 aliphatic heterocycles. The van der Waals surface area contributed by atoms with Crippen LogP contribution in [-0.2, 0) is 0 Å². The van der Waals surface area contributed by atoms with E-state index in [1.54, 1.807) is 36.5 Å². The molecule has 1 aromatic carbocycles. The number of nitrogens with one attached hydrogen (secondary N) is 1. The molecule has 0 saturated carbocycles. The highest BCUT2D eigenvalue weighted by Crippen LogP contribution is 2.32. The van der Waals surface area contributed by atoms with Gasteiger partial charge >= 0.3 is 0 Å². The first kappa shape index (κ1) is 12.0. The van der Waals surface area contributed by atoms with E-state index in [0.717, 1.165) is 0 Å². The van der Waals surface area contributed by atoms with Crippen molar-refractivity contribution in [1.29, 1.82) is 0 Å². The maximum Gasteiger partial charge on any atom is 0.255 e. The van der Waals surface area contributed by atoms with Gasteiger partial charge in [-0.1, -0.05) is 0 Å². The highest BCUT2D eigenvalue weighted by Gasteiger charge is 2.16. The lowest BCUT2D eigenvalue weighted by Gasteiger charge is -2.05. The zero-order valence-corrected chi connectivity index (χ0v) is 11.3. The lowest BCUT2D eigenvalue weighted by atomic mass is 10.2. The molecule has 1 aromatic heterocycles. The Balaban J connectivity index is 1.78. The number of hydrogen-bond donors (Lipinski definition) is 1. The van der Waals surface area contributed by atoms with Crippen molar-refractivity contribution in [3.05, 3.63) is 46.7 Å². The minimum Gasteiger partial charge on any atom is -0.454 e. The number of ether oxygens (including phenoxy) is 2. The fourth-order valence-electron chi connectivity index (χ4n) is 1.69. The molecule has 5 nitrogen and oxygen atoms in total. The standard InChI is InChI=1S/C13H9BrN2O3/c14-12-4-2-9(6-15-12)16-13(17)8-1-3-10-11(5-8)19-7-18-10/h1-6H,7H2,(H,16,17). The van der Waals surface area contributed by atoms with Crippen LogP contribution in [0, 0.1) is 0 Å². The van der Waals surface area contributed by atoms with Gasteiger partial charge in [0.15, 0.2) is 11.5 Å². The van der Waals surface area contributed by atoms with Crippen molar-refractivity contribution in [3.63, 3.8) is 0 Å².